The number of para-hydroxylation sites is 1. The minimum atomic E-state index is -3.89. The molecule has 10 heteroatoms. The summed E-state index contributed by atoms with van der Waals surface area (Å²) < 4.78 is 33.2. The first kappa shape index (κ1) is 23.1. The van der Waals surface area contributed by atoms with Crippen LogP contribution in [0.25, 0.3) is 11.3 Å². The Morgan fingerprint density at radius 2 is 1.91 bits per heavy atom. The molecular formula is C25H24N4O4S2. The van der Waals surface area contributed by atoms with E-state index in [2.05, 4.69) is 32.1 Å². The number of nitrogens with one attached hydrogen (secondary N) is 2. The topological polar surface area (TPSA) is 113 Å². The maximum atomic E-state index is 12.8. The van der Waals surface area contributed by atoms with Gasteiger partial charge in [-0.15, -0.1) is 11.3 Å². The number of methoxy groups -OCH3 is 1. The second-order valence-electron chi connectivity index (χ2n) is 8.25. The molecule has 1 fully saturated rings. The molecule has 0 radical (unpaired) electrons. The second kappa shape index (κ2) is 9.55. The Kier molecular flexibility index (Phi) is 6.31. The Balaban J connectivity index is 1.23. The monoisotopic (exact) mass is 508 g/mol. The van der Waals surface area contributed by atoms with E-state index in [0.717, 1.165) is 11.3 Å². The van der Waals surface area contributed by atoms with Crippen molar-refractivity contribution in [3.05, 3.63) is 77.3 Å². The molecule has 5 rings (SSSR count). The van der Waals surface area contributed by atoms with Gasteiger partial charge in [-0.2, -0.15) is 8.42 Å². The smallest absolute Gasteiger partial charge is 0.281 e. The van der Waals surface area contributed by atoms with Crippen molar-refractivity contribution in [3.8, 4) is 22.8 Å². The quantitative estimate of drug-likeness (QED) is 0.284. The number of pyridine rings is 1. The van der Waals surface area contributed by atoms with Crippen LogP contribution in [-0.2, 0) is 16.6 Å². The number of sulfonamides is 1. The Morgan fingerprint density at radius 3 is 2.60 bits per heavy atom. The predicted octanol–water partition coefficient (Wildman–Crippen LogP) is 5.21. The molecule has 0 saturated heterocycles. The highest BCUT2D eigenvalue weighted by Gasteiger charge is 2.23. The number of hydrogen-bond donors (Lipinski definition) is 3. The number of rotatable bonds is 9. The van der Waals surface area contributed by atoms with Crippen LogP contribution in [0.15, 0.2) is 71.2 Å². The van der Waals surface area contributed by atoms with Crippen LogP contribution < -0.4 is 14.8 Å². The molecule has 0 amide bonds. The van der Waals surface area contributed by atoms with Crippen molar-refractivity contribution in [3.63, 3.8) is 0 Å². The molecule has 35 heavy (non-hydrogen) atoms. The van der Waals surface area contributed by atoms with E-state index in [0.29, 0.717) is 29.5 Å². The summed E-state index contributed by atoms with van der Waals surface area (Å²) in [5.41, 5.74) is 4.27. The van der Waals surface area contributed by atoms with Gasteiger partial charge >= 0.3 is 0 Å². The van der Waals surface area contributed by atoms with Gasteiger partial charge in [-0.1, -0.05) is 36.4 Å². The number of phenols is 1. The van der Waals surface area contributed by atoms with E-state index in [9.17, 15) is 13.5 Å². The van der Waals surface area contributed by atoms with E-state index in [1.165, 1.54) is 49.1 Å². The van der Waals surface area contributed by atoms with Crippen molar-refractivity contribution < 1.29 is 18.3 Å². The van der Waals surface area contributed by atoms with Crippen LogP contribution in [0.3, 0.4) is 0 Å². The summed E-state index contributed by atoms with van der Waals surface area (Å²) in [6.07, 6.45) is 3.93. The SMILES string of the molecule is COc1cccc(CNc2ccc(S(=O)(=O)Nc3nc(-c4ccc(C5CC5)cc4)cs3)nc2)c1O. The van der Waals surface area contributed by atoms with Gasteiger partial charge in [-0.05, 0) is 42.5 Å². The highest BCUT2D eigenvalue weighted by atomic mass is 32.2. The highest BCUT2D eigenvalue weighted by Crippen LogP contribution is 2.40. The minimum absolute atomic E-state index is 0.0560. The van der Waals surface area contributed by atoms with Crippen LogP contribution in [0.5, 0.6) is 11.5 Å². The van der Waals surface area contributed by atoms with Crippen molar-refractivity contribution in [1.29, 1.82) is 0 Å². The van der Waals surface area contributed by atoms with Gasteiger partial charge in [0.1, 0.15) is 0 Å². The van der Waals surface area contributed by atoms with Crippen LogP contribution in [-0.4, -0.2) is 30.6 Å². The van der Waals surface area contributed by atoms with Gasteiger partial charge in [0.2, 0.25) is 0 Å². The Morgan fingerprint density at radius 1 is 1.11 bits per heavy atom. The lowest BCUT2D eigenvalue weighted by molar-refractivity contribution is 0.371. The number of ether oxygens (including phenoxy) is 1. The zero-order valence-electron chi connectivity index (χ0n) is 18.9. The molecule has 1 saturated carbocycles. The van der Waals surface area contributed by atoms with E-state index in [4.69, 9.17) is 4.74 Å². The lowest BCUT2D eigenvalue weighted by atomic mass is 10.1. The third-order valence-electron chi connectivity index (χ3n) is 5.78. The van der Waals surface area contributed by atoms with Crippen molar-refractivity contribution in [2.75, 3.05) is 17.1 Å². The first-order valence-electron chi connectivity index (χ1n) is 11.1. The molecule has 2 aromatic carbocycles. The second-order valence-corrected chi connectivity index (χ2v) is 10.7. The third-order valence-corrected chi connectivity index (χ3v) is 7.92. The van der Waals surface area contributed by atoms with Gasteiger partial charge in [0.25, 0.3) is 10.0 Å². The summed E-state index contributed by atoms with van der Waals surface area (Å²) in [6.45, 7) is 0.318. The summed E-state index contributed by atoms with van der Waals surface area (Å²) >= 11 is 1.23. The van der Waals surface area contributed by atoms with Crippen molar-refractivity contribution in [2.45, 2.75) is 30.3 Å². The van der Waals surface area contributed by atoms with E-state index in [1.54, 1.807) is 24.3 Å². The molecule has 1 aliphatic rings. The first-order chi connectivity index (χ1) is 16.9. The number of anilines is 2. The van der Waals surface area contributed by atoms with E-state index >= 15 is 0 Å². The summed E-state index contributed by atoms with van der Waals surface area (Å²) in [4.78, 5) is 8.53. The number of phenolic OH excluding ortho intramolecular Hbond substituents is 1. The molecule has 3 N–H and O–H groups in total. The fourth-order valence-electron chi connectivity index (χ4n) is 3.68. The molecule has 180 valence electrons. The summed E-state index contributed by atoms with van der Waals surface area (Å²) in [5, 5.41) is 15.3. The number of thiazole rings is 1. The average molecular weight is 509 g/mol. The Labute approximate surface area is 207 Å². The molecule has 0 bridgehead atoms. The number of aromatic hydroxyl groups is 1. The molecule has 4 aromatic rings. The van der Waals surface area contributed by atoms with Gasteiger partial charge in [0.05, 0.1) is 24.7 Å². The predicted molar refractivity (Wildman–Crippen MR) is 137 cm³/mol. The zero-order valence-corrected chi connectivity index (χ0v) is 20.6. The third kappa shape index (κ3) is 5.23. The molecule has 2 heterocycles. The largest absolute Gasteiger partial charge is 0.504 e. The van der Waals surface area contributed by atoms with Crippen LogP contribution in [0.1, 0.15) is 29.9 Å². The lowest BCUT2D eigenvalue weighted by Crippen LogP contribution is -2.14. The van der Waals surface area contributed by atoms with E-state index in [1.807, 2.05) is 17.5 Å². The number of nitrogens with zero attached hydrogens (tertiary/aromatic N) is 2. The van der Waals surface area contributed by atoms with E-state index in [-0.39, 0.29) is 15.9 Å². The van der Waals surface area contributed by atoms with Gasteiger partial charge in [0, 0.05) is 23.1 Å². The van der Waals surface area contributed by atoms with Crippen molar-refractivity contribution >= 4 is 32.2 Å². The fourth-order valence-corrected chi connectivity index (χ4v) is 5.58. The van der Waals surface area contributed by atoms with Crippen LogP contribution in [0, 0.1) is 0 Å². The van der Waals surface area contributed by atoms with Crippen molar-refractivity contribution in [1.82, 2.24) is 9.97 Å². The molecule has 1 aliphatic carbocycles. The van der Waals surface area contributed by atoms with Gasteiger partial charge < -0.3 is 15.2 Å². The Hall–Kier alpha value is -3.63. The lowest BCUT2D eigenvalue weighted by Gasteiger charge is -2.11. The minimum Gasteiger partial charge on any atom is -0.504 e. The molecule has 0 atom stereocenters. The molecule has 0 unspecified atom stereocenters. The maximum Gasteiger partial charge on any atom is 0.281 e. The maximum absolute atomic E-state index is 12.8. The van der Waals surface area contributed by atoms with Gasteiger partial charge in [-0.3, -0.25) is 4.72 Å². The van der Waals surface area contributed by atoms with Crippen molar-refractivity contribution in [2.24, 2.45) is 0 Å². The number of hydrogen-bond acceptors (Lipinski definition) is 8. The van der Waals surface area contributed by atoms with Crippen LogP contribution in [0.2, 0.25) is 0 Å². The Bertz CT molecular complexity index is 1430. The van der Waals surface area contributed by atoms with Gasteiger partial charge in [0.15, 0.2) is 21.7 Å². The number of aromatic nitrogens is 2. The molecule has 8 nitrogen and oxygen atoms in total. The normalized spacial score (nSPS) is 13.4. The van der Waals surface area contributed by atoms with E-state index < -0.39 is 10.0 Å². The average Bonchev–Trinajstić information content (AvgIpc) is 3.62. The first-order valence-corrected chi connectivity index (χ1v) is 13.4. The highest BCUT2D eigenvalue weighted by molar-refractivity contribution is 7.92. The summed E-state index contributed by atoms with van der Waals surface area (Å²) in [6, 6.07) is 16.5. The molecular weight excluding hydrogens is 484 g/mol. The summed E-state index contributed by atoms with van der Waals surface area (Å²) in [7, 11) is -2.40. The fraction of sp³-hybridized carbons (Fsp3) is 0.200. The zero-order chi connectivity index (χ0) is 24.4. The number of benzene rings is 2. The summed E-state index contributed by atoms with van der Waals surface area (Å²) in [5.74, 6) is 1.13. The molecule has 2 aromatic heterocycles. The standard InChI is InChI=1S/C25H24N4O4S2/c1-33-22-4-2-3-19(24(22)30)13-26-20-11-12-23(27-14-20)35(31,32)29-25-28-21(15-34-25)18-9-7-17(8-10-18)16-5-6-16/h2-4,7-12,14-16,26,30H,5-6,13H2,1H3,(H,28,29). The van der Waals surface area contributed by atoms with Gasteiger partial charge in [-0.25, -0.2) is 9.97 Å². The molecule has 0 spiro atoms. The van der Waals surface area contributed by atoms with Crippen LogP contribution >= 0.6 is 11.3 Å². The van der Waals surface area contributed by atoms with Crippen LogP contribution in [0.4, 0.5) is 10.8 Å². The molecule has 0 aliphatic heterocycles.